The number of rotatable bonds is 5. The average molecular weight is 320 g/mol. The first kappa shape index (κ1) is 16.6. The lowest BCUT2D eigenvalue weighted by Gasteiger charge is -2.40. The molecule has 5 nitrogen and oxygen atoms in total. The normalized spacial score (nSPS) is 21.3. The predicted octanol–water partition coefficient (Wildman–Crippen LogP) is 2.00. The summed E-state index contributed by atoms with van der Waals surface area (Å²) in [7, 11) is 3.44. The monoisotopic (exact) mass is 320 g/mol. The van der Waals surface area contributed by atoms with Crippen molar-refractivity contribution in [1.82, 2.24) is 9.80 Å². The number of ether oxygens (including phenoxy) is 3. The summed E-state index contributed by atoms with van der Waals surface area (Å²) in [4.78, 5) is 5.13. The van der Waals surface area contributed by atoms with Gasteiger partial charge in [0.15, 0.2) is 0 Å². The van der Waals surface area contributed by atoms with Crippen molar-refractivity contribution in [1.29, 1.82) is 0 Å². The number of hydrogen-bond acceptors (Lipinski definition) is 5. The molecule has 23 heavy (non-hydrogen) atoms. The van der Waals surface area contributed by atoms with Crippen molar-refractivity contribution in [3.63, 3.8) is 0 Å². The van der Waals surface area contributed by atoms with Crippen molar-refractivity contribution in [2.75, 3.05) is 53.6 Å². The SMILES string of the molecule is COc1ccc(OC)c(CN2CCC(N3CCOCC3)CC2)c1. The molecule has 2 heterocycles. The molecule has 0 spiro atoms. The van der Waals surface area contributed by atoms with E-state index in [9.17, 15) is 0 Å². The average Bonchev–Trinajstić information content (AvgIpc) is 2.63. The van der Waals surface area contributed by atoms with E-state index in [-0.39, 0.29) is 0 Å². The highest BCUT2D eigenvalue weighted by Crippen LogP contribution is 2.27. The largest absolute Gasteiger partial charge is 0.497 e. The molecule has 0 bridgehead atoms. The number of nitrogens with zero attached hydrogens (tertiary/aromatic N) is 2. The molecule has 0 unspecified atom stereocenters. The van der Waals surface area contributed by atoms with Crippen molar-refractivity contribution >= 4 is 0 Å². The Hall–Kier alpha value is -1.30. The molecule has 0 saturated carbocycles. The summed E-state index contributed by atoms with van der Waals surface area (Å²) in [5.74, 6) is 1.84. The molecule has 1 aromatic carbocycles. The molecular weight excluding hydrogens is 292 g/mol. The maximum absolute atomic E-state index is 5.50. The van der Waals surface area contributed by atoms with E-state index in [0.717, 1.165) is 63.5 Å². The van der Waals surface area contributed by atoms with E-state index in [4.69, 9.17) is 14.2 Å². The number of methoxy groups -OCH3 is 2. The van der Waals surface area contributed by atoms with Gasteiger partial charge in [0.1, 0.15) is 11.5 Å². The minimum absolute atomic E-state index is 0.724. The van der Waals surface area contributed by atoms with Crippen LogP contribution in [-0.4, -0.2) is 69.5 Å². The van der Waals surface area contributed by atoms with Gasteiger partial charge < -0.3 is 14.2 Å². The molecule has 0 amide bonds. The summed E-state index contributed by atoms with van der Waals surface area (Å²) >= 11 is 0. The zero-order valence-electron chi connectivity index (χ0n) is 14.3. The van der Waals surface area contributed by atoms with Crippen LogP contribution in [0.3, 0.4) is 0 Å². The predicted molar refractivity (Wildman–Crippen MR) is 90.2 cm³/mol. The van der Waals surface area contributed by atoms with Gasteiger partial charge in [0.2, 0.25) is 0 Å². The smallest absolute Gasteiger partial charge is 0.123 e. The Labute approximate surface area is 139 Å². The summed E-state index contributed by atoms with van der Waals surface area (Å²) in [6.45, 7) is 7.17. The Kier molecular flexibility index (Phi) is 5.75. The molecule has 2 aliphatic heterocycles. The third kappa shape index (κ3) is 4.16. The first-order valence-corrected chi connectivity index (χ1v) is 8.55. The van der Waals surface area contributed by atoms with Gasteiger partial charge in [-0.2, -0.15) is 0 Å². The highest BCUT2D eigenvalue weighted by molar-refractivity contribution is 5.40. The van der Waals surface area contributed by atoms with E-state index in [1.165, 1.54) is 18.4 Å². The van der Waals surface area contributed by atoms with E-state index >= 15 is 0 Å². The maximum Gasteiger partial charge on any atom is 0.123 e. The molecule has 128 valence electrons. The highest BCUT2D eigenvalue weighted by Gasteiger charge is 2.26. The van der Waals surface area contributed by atoms with Crippen molar-refractivity contribution in [2.45, 2.75) is 25.4 Å². The Morgan fingerprint density at radius 2 is 1.78 bits per heavy atom. The first-order chi connectivity index (χ1) is 11.3. The number of morpholine rings is 1. The second-order valence-corrected chi connectivity index (χ2v) is 6.33. The molecule has 3 rings (SSSR count). The molecule has 0 atom stereocenters. The van der Waals surface area contributed by atoms with Gasteiger partial charge in [0.05, 0.1) is 27.4 Å². The zero-order valence-corrected chi connectivity index (χ0v) is 14.3. The van der Waals surface area contributed by atoms with Gasteiger partial charge in [-0.05, 0) is 44.1 Å². The highest BCUT2D eigenvalue weighted by atomic mass is 16.5. The fourth-order valence-electron chi connectivity index (χ4n) is 3.63. The molecule has 0 N–H and O–H groups in total. The van der Waals surface area contributed by atoms with E-state index in [2.05, 4.69) is 15.9 Å². The standard InChI is InChI=1S/C18H28N2O3/c1-21-17-3-4-18(22-2)15(13-17)14-19-7-5-16(6-8-19)20-9-11-23-12-10-20/h3-4,13,16H,5-12,14H2,1-2H3. The minimum Gasteiger partial charge on any atom is -0.497 e. The lowest BCUT2D eigenvalue weighted by atomic mass is 10.0. The first-order valence-electron chi connectivity index (χ1n) is 8.55. The Balaban J connectivity index is 1.56. The van der Waals surface area contributed by atoms with Crippen molar-refractivity contribution in [2.24, 2.45) is 0 Å². The lowest BCUT2D eigenvalue weighted by Crippen LogP contribution is -2.48. The Morgan fingerprint density at radius 1 is 1.04 bits per heavy atom. The molecule has 2 saturated heterocycles. The summed E-state index contributed by atoms with van der Waals surface area (Å²) in [6.07, 6.45) is 2.48. The lowest BCUT2D eigenvalue weighted by molar-refractivity contribution is 0.000179. The summed E-state index contributed by atoms with van der Waals surface area (Å²) in [6, 6.07) is 6.76. The van der Waals surface area contributed by atoms with Crippen LogP contribution in [0.15, 0.2) is 18.2 Å². The van der Waals surface area contributed by atoms with Crippen LogP contribution in [0.1, 0.15) is 18.4 Å². The molecular formula is C18H28N2O3. The molecule has 0 radical (unpaired) electrons. The van der Waals surface area contributed by atoms with E-state index < -0.39 is 0 Å². The third-order valence-corrected chi connectivity index (χ3v) is 5.00. The van der Waals surface area contributed by atoms with Crippen LogP contribution in [0.2, 0.25) is 0 Å². The van der Waals surface area contributed by atoms with Crippen LogP contribution < -0.4 is 9.47 Å². The Morgan fingerprint density at radius 3 is 2.43 bits per heavy atom. The van der Waals surface area contributed by atoms with Gasteiger partial charge in [0, 0.05) is 31.2 Å². The molecule has 2 fully saturated rings. The van der Waals surface area contributed by atoms with Crippen molar-refractivity contribution < 1.29 is 14.2 Å². The van der Waals surface area contributed by atoms with E-state index in [1.807, 2.05) is 12.1 Å². The maximum atomic E-state index is 5.50. The molecule has 0 aromatic heterocycles. The number of likely N-dealkylation sites (tertiary alicyclic amines) is 1. The van der Waals surface area contributed by atoms with Gasteiger partial charge in [0.25, 0.3) is 0 Å². The number of benzene rings is 1. The van der Waals surface area contributed by atoms with Crippen LogP contribution in [0.25, 0.3) is 0 Å². The van der Waals surface area contributed by atoms with E-state index in [0.29, 0.717) is 0 Å². The fourth-order valence-corrected chi connectivity index (χ4v) is 3.63. The quantitative estimate of drug-likeness (QED) is 0.829. The van der Waals surface area contributed by atoms with E-state index in [1.54, 1.807) is 14.2 Å². The van der Waals surface area contributed by atoms with Crippen LogP contribution in [0.4, 0.5) is 0 Å². The van der Waals surface area contributed by atoms with Crippen molar-refractivity contribution in [3.8, 4) is 11.5 Å². The second kappa shape index (κ2) is 7.99. The zero-order chi connectivity index (χ0) is 16.1. The van der Waals surface area contributed by atoms with Gasteiger partial charge in [-0.25, -0.2) is 0 Å². The van der Waals surface area contributed by atoms with Crippen LogP contribution >= 0.6 is 0 Å². The van der Waals surface area contributed by atoms with Crippen LogP contribution in [0.5, 0.6) is 11.5 Å². The van der Waals surface area contributed by atoms with Gasteiger partial charge in [-0.1, -0.05) is 0 Å². The molecule has 5 heteroatoms. The van der Waals surface area contributed by atoms with Gasteiger partial charge in [-0.15, -0.1) is 0 Å². The number of piperidine rings is 1. The molecule has 2 aliphatic rings. The third-order valence-electron chi connectivity index (χ3n) is 5.00. The molecule has 1 aromatic rings. The topological polar surface area (TPSA) is 34.2 Å². The van der Waals surface area contributed by atoms with Gasteiger partial charge in [-0.3, -0.25) is 9.80 Å². The fraction of sp³-hybridized carbons (Fsp3) is 0.667. The van der Waals surface area contributed by atoms with Crippen LogP contribution in [-0.2, 0) is 11.3 Å². The minimum atomic E-state index is 0.724. The Bertz CT molecular complexity index is 495. The molecule has 0 aliphatic carbocycles. The number of hydrogen-bond donors (Lipinski definition) is 0. The van der Waals surface area contributed by atoms with Crippen molar-refractivity contribution in [3.05, 3.63) is 23.8 Å². The summed E-state index contributed by atoms with van der Waals surface area (Å²) in [5.41, 5.74) is 1.21. The van der Waals surface area contributed by atoms with Gasteiger partial charge >= 0.3 is 0 Å². The van der Waals surface area contributed by atoms with Crippen LogP contribution in [0, 0.1) is 0 Å². The summed E-state index contributed by atoms with van der Waals surface area (Å²) < 4.78 is 16.3. The summed E-state index contributed by atoms with van der Waals surface area (Å²) in [5, 5.41) is 0. The second-order valence-electron chi connectivity index (χ2n) is 6.33.